The van der Waals surface area contributed by atoms with Gasteiger partial charge in [-0.3, -0.25) is 19.6 Å². The zero-order valence-electron chi connectivity index (χ0n) is 17.0. The summed E-state index contributed by atoms with van der Waals surface area (Å²) in [5.74, 6) is 0. The van der Waals surface area contributed by atoms with Gasteiger partial charge in [0, 0.05) is 78.5 Å². The molecule has 2 saturated heterocycles. The Morgan fingerprint density at radius 1 is 0.429 bits per heavy atom. The highest BCUT2D eigenvalue weighted by atomic mass is 15.3. The van der Waals surface area contributed by atoms with Gasteiger partial charge < -0.3 is 0 Å². The average Bonchev–Trinajstić information content (AvgIpc) is 2.76. The summed E-state index contributed by atoms with van der Waals surface area (Å²) in [4.78, 5) is 10.5. The number of hydrogen-bond acceptors (Lipinski definition) is 4. The molecule has 0 spiro atoms. The summed E-state index contributed by atoms with van der Waals surface area (Å²) >= 11 is 0. The van der Waals surface area contributed by atoms with Crippen molar-refractivity contribution in [2.24, 2.45) is 0 Å². The zero-order valence-corrected chi connectivity index (χ0v) is 17.0. The van der Waals surface area contributed by atoms with Crippen LogP contribution in [-0.2, 0) is 13.1 Å². The molecule has 28 heavy (non-hydrogen) atoms. The Balaban J connectivity index is 1.11. The predicted octanol–water partition coefficient (Wildman–Crippen LogP) is 2.62. The molecule has 0 atom stereocenters. The van der Waals surface area contributed by atoms with E-state index in [1.165, 1.54) is 76.6 Å². The van der Waals surface area contributed by atoms with Gasteiger partial charge in [-0.1, -0.05) is 60.7 Å². The number of rotatable bonds is 7. The molecule has 4 rings (SSSR count). The fraction of sp³-hybridized carbons (Fsp3) is 0.500. The maximum Gasteiger partial charge on any atom is 0.0234 e. The lowest BCUT2D eigenvalue weighted by Crippen LogP contribution is -2.51. The third kappa shape index (κ3) is 5.89. The van der Waals surface area contributed by atoms with Crippen molar-refractivity contribution in [1.29, 1.82) is 0 Å². The molecule has 2 heterocycles. The van der Waals surface area contributed by atoms with E-state index in [-0.39, 0.29) is 0 Å². The molecule has 2 aliphatic rings. The molecule has 0 aliphatic carbocycles. The fourth-order valence-corrected chi connectivity index (χ4v) is 4.31. The van der Waals surface area contributed by atoms with Crippen molar-refractivity contribution < 1.29 is 0 Å². The molecule has 0 N–H and O–H groups in total. The average molecular weight is 379 g/mol. The molecule has 150 valence electrons. The van der Waals surface area contributed by atoms with Crippen LogP contribution in [0.15, 0.2) is 60.7 Å². The van der Waals surface area contributed by atoms with Crippen LogP contribution in [0, 0.1) is 0 Å². The molecule has 4 heteroatoms. The van der Waals surface area contributed by atoms with Gasteiger partial charge in [0.05, 0.1) is 0 Å². The van der Waals surface area contributed by atoms with Gasteiger partial charge in [0.2, 0.25) is 0 Å². The van der Waals surface area contributed by atoms with E-state index in [0.29, 0.717) is 0 Å². The van der Waals surface area contributed by atoms with Crippen LogP contribution < -0.4 is 0 Å². The number of nitrogens with zero attached hydrogens (tertiary/aromatic N) is 4. The van der Waals surface area contributed by atoms with Crippen LogP contribution >= 0.6 is 0 Å². The van der Waals surface area contributed by atoms with Gasteiger partial charge in [0.1, 0.15) is 0 Å². The van der Waals surface area contributed by atoms with Gasteiger partial charge in [-0.2, -0.15) is 0 Å². The van der Waals surface area contributed by atoms with Crippen molar-refractivity contribution in [3.8, 4) is 0 Å². The van der Waals surface area contributed by atoms with Crippen LogP contribution in [0.1, 0.15) is 11.1 Å². The molecule has 2 aliphatic heterocycles. The van der Waals surface area contributed by atoms with Gasteiger partial charge in [0.15, 0.2) is 0 Å². The molecule has 2 aromatic rings. The summed E-state index contributed by atoms with van der Waals surface area (Å²) < 4.78 is 0. The normalized spacial score (nSPS) is 20.4. The molecular formula is C24H34N4. The number of hydrogen-bond donors (Lipinski definition) is 0. The number of benzene rings is 2. The summed E-state index contributed by atoms with van der Waals surface area (Å²) in [5, 5.41) is 0. The largest absolute Gasteiger partial charge is 0.300 e. The highest BCUT2D eigenvalue weighted by molar-refractivity contribution is 5.15. The van der Waals surface area contributed by atoms with E-state index in [4.69, 9.17) is 0 Å². The molecule has 4 nitrogen and oxygen atoms in total. The van der Waals surface area contributed by atoms with Crippen molar-refractivity contribution in [1.82, 2.24) is 19.6 Å². The van der Waals surface area contributed by atoms with Crippen LogP contribution in [0.5, 0.6) is 0 Å². The Morgan fingerprint density at radius 2 is 0.750 bits per heavy atom. The second-order valence-electron chi connectivity index (χ2n) is 8.21. The lowest BCUT2D eigenvalue weighted by Gasteiger charge is -2.38. The van der Waals surface area contributed by atoms with E-state index in [1.807, 2.05) is 0 Å². The highest BCUT2D eigenvalue weighted by Gasteiger charge is 2.20. The molecule has 0 amide bonds. The molecule has 0 unspecified atom stereocenters. The first-order valence-corrected chi connectivity index (χ1v) is 10.8. The molecule has 0 aromatic heterocycles. The van der Waals surface area contributed by atoms with E-state index in [9.17, 15) is 0 Å². The van der Waals surface area contributed by atoms with E-state index < -0.39 is 0 Å². The van der Waals surface area contributed by atoms with Crippen LogP contribution in [0.25, 0.3) is 0 Å². The topological polar surface area (TPSA) is 13.0 Å². The Labute approximate surface area is 170 Å². The number of piperazine rings is 2. The van der Waals surface area contributed by atoms with Crippen molar-refractivity contribution in [2.45, 2.75) is 13.1 Å². The van der Waals surface area contributed by atoms with E-state index in [1.54, 1.807) is 0 Å². The minimum Gasteiger partial charge on any atom is -0.300 e. The minimum atomic E-state index is 1.10. The van der Waals surface area contributed by atoms with E-state index >= 15 is 0 Å². The zero-order chi connectivity index (χ0) is 19.0. The van der Waals surface area contributed by atoms with Crippen molar-refractivity contribution in [3.63, 3.8) is 0 Å². The summed E-state index contributed by atoms with van der Waals surface area (Å²) in [6.45, 7) is 14.2. The smallest absolute Gasteiger partial charge is 0.0234 e. The Hall–Kier alpha value is -1.72. The van der Waals surface area contributed by atoms with Crippen LogP contribution in [0.4, 0.5) is 0 Å². The predicted molar refractivity (Wildman–Crippen MR) is 116 cm³/mol. The highest BCUT2D eigenvalue weighted by Crippen LogP contribution is 2.10. The monoisotopic (exact) mass is 378 g/mol. The van der Waals surface area contributed by atoms with Crippen molar-refractivity contribution in [2.75, 3.05) is 65.4 Å². The maximum absolute atomic E-state index is 2.65. The van der Waals surface area contributed by atoms with E-state index in [0.717, 1.165) is 13.1 Å². The van der Waals surface area contributed by atoms with Gasteiger partial charge in [-0.05, 0) is 11.1 Å². The molecule has 0 saturated carbocycles. The second-order valence-corrected chi connectivity index (χ2v) is 8.21. The Bertz CT molecular complexity index is 613. The van der Waals surface area contributed by atoms with E-state index in [2.05, 4.69) is 80.3 Å². The van der Waals surface area contributed by atoms with Crippen LogP contribution in [-0.4, -0.2) is 85.0 Å². The lowest BCUT2D eigenvalue weighted by molar-refractivity contribution is 0.0903. The summed E-state index contributed by atoms with van der Waals surface area (Å²) in [6, 6.07) is 21.7. The molecule has 0 radical (unpaired) electrons. The third-order valence-corrected chi connectivity index (χ3v) is 6.16. The Kier molecular flexibility index (Phi) is 7.12. The van der Waals surface area contributed by atoms with Crippen molar-refractivity contribution >= 4 is 0 Å². The minimum absolute atomic E-state index is 1.10. The van der Waals surface area contributed by atoms with Crippen LogP contribution in [0.2, 0.25) is 0 Å². The SMILES string of the molecule is c1ccc(CN2CCN(CCN3CCN(Cc4ccccc4)CC3)CC2)cc1. The standard InChI is InChI=1S/C24H34N4/c1-3-7-23(8-4-1)21-27-17-13-25(14-18-27)11-12-26-15-19-28(20-16-26)22-24-9-5-2-6-10-24/h1-10H,11-22H2. The first kappa shape index (κ1) is 19.6. The van der Waals surface area contributed by atoms with Gasteiger partial charge in [-0.15, -0.1) is 0 Å². The first-order valence-electron chi connectivity index (χ1n) is 10.8. The third-order valence-electron chi connectivity index (χ3n) is 6.16. The lowest BCUT2D eigenvalue weighted by atomic mass is 10.2. The molecule has 2 aromatic carbocycles. The molecule has 0 bridgehead atoms. The van der Waals surface area contributed by atoms with Crippen molar-refractivity contribution in [3.05, 3.63) is 71.8 Å². The van der Waals surface area contributed by atoms with Gasteiger partial charge >= 0.3 is 0 Å². The Morgan fingerprint density at radius 3 is 1.11 bits per heavy atom. The first-order chi connectivity index (χ1) is 13.8. The second kappa shape index (κ2) is 10.2. The summed E-state index contributed by atoms with van der Waals surface area (Å²) in [7, 11) is 0. The quantitative estimate of drug-likeness (QED) is 0.734. The van der Waals surface area contributed by atoms with Crippen LogP contribution in [0.3, 0.4) is 0 Å². The molecule has 2 fully saturated rings. The summed E-state index contributed by atoms with van der Waals surface area (Å²) in [6.07, 6.45) is 0. The fourth-order valence-electron chi connectivity index (χ4n) is 4.31. The molecular weight excluding hydrogens is 344 g/mol. The maximum atomic E-state index is 2.65. The van der Waals surface area contributed by atoms with Gasteiger partial charge in [0.25, 0.3) is 0 Å². The summed E-state index contributed by atoms with van der Waals surface area (Å²) in [5.41, 5.74) is 2.87. The van der Waals surface area contributed by atoms with Gasteiger partial charge in [-0.25, -0.2) is 0 Å².